The van der Waals surface area contributed by atoms with Crippen LogP contribution in [0, 0.1) is 6.92 Å². The number of rotatable bonds is 11. The summed E-state index contributed by atoms with van der Waals surface area (Å²) < 4.78 is 31.0. The molecule has 4 rings (SSSR count). The Morgan fingerprint density at radius 2 is 1.49 bits per heavy atom. The number of aliphatic carboxylic acids is 1. The first kappa shape index (κ1) is 32.8. The van der Waals surface area contributed by atoms with Crippen LogP contribution in [0.15, 0.2) is 83.3 Å². The van der Waals surface area contributed by atoms with Crippen LogP contribution in [0.3, 0.4) is 0 Å². The zero-order valence-electron chi connectivity index (χ0n) is 23.3. The first-order chi connectivity index (χ1) is 20.4. The van der Waals surface area contributed by atoms with Gasteiger partial charge in [-0.05, 0) is 61.0 Å². The van der Waals surface area contributed by atoms with Gasteiger partial charge in [0, 0.05) is 18.5 Å². The molecule has 0 aliphatic rings. The van der Waals surface area contributed by atoms with Crippen molar-refractivity contribution in [2.45, 2.75) is 19.9 Å². The fourth-order valence-corrected chi connectivity index (χ4v) is 3.70. The SMILES string of the molecule is COc1ccc(OC(=O)N(CC(=O)O)Cc2ccc(OCCc3nc(-c4ccccc4)oc3C)cc2)cc1.O=P(O)(O)O. The number of amides is 1. The lowest BCUT2D eigenvalue weighted by Gasteiger charge is -2.20. The number of aryl methyl sites for hydroxylation is 1. The zero-order chi connectivity index (χ0) is 31.4. The summed E-state index contributed by atoms with van der Waals surface area (Å²) in [7, 11) is -3.11. The number of carboxylic acids is 1. The van der Waals surface area contributed by atoms with E-state index >= 15 is 0 Å². The Bertz CT molecular complexity index is 1510. The molecule has 0 spiro atoms. The Hall–Kier alpha value is -4.68. The summed E-state index contributed by atoms with van der Waals surface area (Å²) in [5.41, 5.74) is 2.48. The van der Waals surface area contributed by atoms with Crippen LogP contribution >= 0.6 is 7.82 Å². The summed E-state index contributed by atoms with van der Waals surface area (Å²) in [6, 6.07) is 23.3. The number of ether oxygens (including phenoxy) is 3. The molecule has 1 heterocycles. The summed E-state index contributed by atoms with van der Waals surface area (Å²) in [6.07, 6.45) is -0.191. The van der Waals surface area contributed by atoms with E-state index in [1.165, 1.54) is 7.11 Å². The minimum absolute atomic E-state index is 0.0575. The van der Waals surface area contributed by atoms with E-state index in [9.17, 15) is 14.7 Å². The van der Waals surface area contributed by atoms with Crippen LogP contribution in [0.5, 0.6) is 17.2 Å². The van der Waals surface area contributed by atoms with Crippen LogP contribution in [-0.2, 0) is 22.3 Å². The first-order valence-electron chi connectivity index (χ1n) is 12.8. The van der Waals surface area contributed by atoms with Gasteiger partial charge in [-0.2, -0.15) is 0 Å². The van der Waals surface area contributed by atoms with E-state index in [0.29, 0.717) is 30.4 Å². The van der Waals surface area contributed by atoms with Gasteiger partial charge in [-0.3, -0.25) is 9.69 Å². The average molecular weight is 615 g/mol. The van der Waals surface area contributed by atoms with Crippen molar-refractivity contribution in [3.05, 3.63) is 95.9 Å². The number of carbonyl (C=O) groups excluding carboxylic acids is 1. The maximum absolute atomic E-state index is 12.6. The second-order valence-corrected chi connectivity index (χ2v) is 9.96. The molecule has 0 saturated carbocycles. The van der Waals surface area contributed by atoms with Crippen LogP contribution in [0.4, 0.5) is 4.79 Å². The molecule has 0 atom stereocenters. The molecule has 0 aliphatic carbocycles. The highest BCUT2D eigenvalue weighted by molar-refractivity contribution is 7.45. The number of nitrogens with zero attached hydrogens (tertiary/aromatic N) is 2. The van der Waals surface area contributed by atoms with E-state index in [0.717, 1.165) is 27.5 Å². The number of benzene rings is 3. The minimum atomic E-state index is -4.64. The van der Waals surface area contributed by atoms with Gasteiger partial charge in [0.05, 0.1) is 19.4 Å². The average Bonchev–Trinajstić information content (AvgIpc) is 3.33. The monoisotopic (exact) mass is 614 g/mol. The molecule has 1 amide bonds. The fraction of sp³-hybridized carbons (Fsp3) is 0.207. The Morgan fingerprint density at radius 1 is 0.907 bits per heavy atom. The van der Waals surface area contributed by atoms with Crippen molar-refractivity contribution in [3.63, 3.8) is 0 Å². The van der Waals surface area contributed by atoms with Crippen molar-refractivity contribution in [3.8, 4) is 28.7 Å². The summed E-state index contributed by atoms with van der Waals surface area (Å²) in [5, 5.41) is 9.27. The Kier molecular flexibility index (Phi) is 11.8. The highest BCUT2D eigenvalue weighted by Crippen LogP contribution is 2.26. The third-order valence-corrected chi connectivity index (χ3v) is 5.67. The number of hydrogen-bond acceptors (Lipinski definition) is 8. The van der Waals surface area contributed by atoms with Gasteiger partial charge >= 0.3 is 19.9 Å². The predicted octanol–water partition coefficient (Wildman–Crippen LogP) is 4.44. The van der Waals surface area contributed by atoms with Gasteiger partial charge in [-0.25, -0.2) is 14.3 Å². The Morgan fingerprint density at radius 3 is 2.07 bits per heavy atom. The molecule has 13 nitrogen and oxygen atoms in total. The summed E-state index contributed by atoms with van der Waals surface area (Å²) in [5.74, 6) is 1.73. The molecule has 0 unspecified atom stereocenters. The van der Waals surface area contributed by atoms with Crippen LogP contribution in [-0.4, -0.2) is 62.0 Å². The number of methoxy groups -OCH3 is 1. The van der Waals surface area contributed by atoms with Crippen molar-refractivity contribution < 1.29 is 52.6 Å². The molecular formula is C29H31N2O11P. The molecule has 0 radical (unpaired) electrons. The lowest BCUT2D eigenvalue weighted by molar-refractivity contribution is -0.138. The van der Waals surface area contributed by atoms with Crippen LogP contribution in [0.1, 0.15) is 17.0 Å². The molecule has 0 saturated heterocycles. The van der Waals surface area contributed by atoms with E-state index in [2.05, 4.69) is 4.98 Å². The maximum Gasteiger partial charge on any atom is 0.466 e. The number of oxazole rings is 1. The van der Waals surface area contributed by atoms with E-state index in [4.69, 9.17) is 37.9 Å². The number of aromatic nitrogens is 1. The molecule has 3 aromatic carbocycles. The largest absolute Gasteiger partial charge is 0.497 e. The van der Waals surface area contributed by atoms with Crippen molar-refractivity contribution >= 4 is 19.9 Å². The minimum Gasteiger partial charge on any atom is -0.497 e. The van der Waals surface area contributed by atoms with Crippen molar-refractivity contribution in [2.24, 2.45) is 0 Å². The highest BCUT2D eigenvalue weighted by atomic mass is 31.2. The van der Waals surface area contributed by atoms with E-state index in [1.807, 2.05) is 37.3 Å². The molecule has 1 aromatic heterocycles. The van der Waals surface area contributed by atoms with Crippen LogP contribution in [0.2, 0.25) is 0 Å². The van der Waals surface area contributed by atoms with E-state index < -0.39 is 26.4 Å². The van der Waals surface area contributed by atoms with E-state index in [-0.39, 0.29) is 12.3 Å². The standard InChI is InChI=1S/C29H28N2O7.H3O4P/c1-20-26(30-28(37-20)22-6-4-3-5-7-22)16-17-36-24-10-8-21(9-11-24)18-31(19-27(32)33)29(34)38-25-14-12-23(35-2)13-15-25;1-5(2,3)4/h3-15H,16-19H2,1-2H3,(H,32,33);(H3,1,2,3,4). The summed E-state index contributed by atoms with van der Waals surface area (Å²) in [6.45, 7) is 1.84. The molecule has 43 heavy (non-hydrogen) atoms. The predicted molar refractivity (Wildman–Crippen MR) is 154 cm³/mol. The summed E-state index contributed by atoms with van der Waals surface area (Å²) >= 11 is 0. The van der Waals surface area contributed by atoms with Crippen LogP contribution in [0.25, 0.3) is 11.5 Å². The number of phosphoric acid groups is 1. The Balaban J connectivity index is 0.000000934. The molecular weight excluding hydrogens is 583 g/mol. The molecule has 0 fully saturated rings. The second kappa shape index (κ2) is 15.5. The molecule has 14 heteroatoms. The number of carbonyl (C=O) groups is 2. The van der Waals surface area contributed by atoms with Gasteiger partial charge in [-0.15, -0.1) is 0 Å². The van der Waals surface area contributed by atoms with Crippen molar-refractivity contribution in [1.29, 1.82) is 0 Å². The fourth-order valence-electron chi connectivity index (χ4n) is 3.70. The van der Waals surface area contributed by atoms with Gasteiger partial charge in [-0.1, -0.05) is 30.3 Å². The van der Waals surface area contributed by atoms with Gasteiger partial charge in [0.1, 0.15) is 29.6 Å². The summed E-state index contributed by atoms with van der Waals surface area (Å²) in [4.78, 5) is 51.2. The third kappa shape index (κ3) is 11.6. The lowest BCUT2D eigenvalue weighted by Crippen LogP contribution is -2.37. The molecule has 228 valence electrons. The highest BCUT2D eigenvalue weighted by Gasteiger charge is 2.20. The number of hydrogen-bond donors (Lipinski definition) is 4. The van der Waals surface area contributed by atoms with Crippen LogP contribution < -0.4 is 14.2 Å². The van der Waals surface area contributed by atoms with E-state index in [1.54, 1.807) is 48.5 Å². The Labute approximate surface area is 247 Å². The lowest BCUT2D eigenvalue weighted by atomic mass is 10.2. The van der Waals surface area contributed by atoms with Gasteiger partial charge in [0.15, 0.2) is 0 Å². The first-order valence-corrected chi connectivity index (χ1v) is 14.3. The molecule has 0 bridgehead atoms. The quantitative estimate of drug-likeness (QED) is 0.174. The van der Waals surface area contributed by atoms with Gasteiger partial charge in [0.2, 0.25) is 5.89 Å². The van der Waals surface area contributed by atoms with Crippen molar-refractivity contribution in [1.82, 2.24) is 9.88 Å². The van der Waals surface area contributed by atoms with Gasteiger partial charge in [0.25, 0.3) is 0 Å². The van der Waals surface area contributed by atoms with Gasteiger partial charge < -0.3 is 38.4 Å². The molecule has 4 N–H and O–H groups in total. The normalized spacial score (nSPS) is 10.7. The zero-order valence-corrected chi connectivity index (χ0v) is 24.2. The maximum atomic E-state index is 12.6. The second-order valence-electron chi connectivity index (χ2n) is 8.94. The van der Waals surface area contributed by atoms with Crippen molar-refractivity contribution in [2.75, 3.05) is 20.3 Å². The smallest absolute Gasteiger partial charge is 0.466 e. The third-order valence-electron chi connectivity index (χ3n) is 5.67. The topological polar surface area (TPSA) is 189 Å². The molecule has 0 aliphatic heterocycles. The molecule has 4 aromatic rings. The number of carboxylic acid groups (broad SMARTS) is 1.